The van der Waals surface area contributed by atoms with Crippen LogP contribution in [0.5, 0.6) is 0 Å². The Balaban J connectivity index is 1.92. The highest BCUT2D eigenvalue weighted by Gasteiger charge is 2.72. The molecule has 2 fully saturated rings. The largest absolute Gasteiger partial charge is 0.388 e. The lowest BCUT2D eigenvalue weighted by Gasteiger charge is -2.17. The van der Waals surface area contributed by atoms with E-state index in [0.717, 1.165) is 5.92 Å². The van der Waals surface area contributed by atoms with Crippen molar-refractivity contribution in [2.24, 2.45) is 17.0 Å². The van der Waals surface area contributed by atoms with E-state index in [1.165, 1.54) is 31.4 Å². The minimum Gasteiger partial charge on any atom is -0.388 e. The first kappa shape index (κ1) is 6.04. The third-order valence-corrected chi connectivity index (χ3v) is 3.59. The molecule has 11 heavy (non-hydrogen) atoms. The number of nitrogens with zero attached hydrogens (tertiary/aromatic N) is 1. The third kappa shape index (κ3) is 0.534. The lowest BCUT2D eigenvalue weighted by Crippen LogP contribution is -2.17. The Labute approximate surface area is 66.6 Å². The first-order chi connectivity index (χ1) is 5.34. The van der Waals surface area contributed by atoms with Crippen LogP contribution < -0.4 is 0 Å². The topological polar surface area (TPSA) is 21.6 Å². The van der Waals surface area contributed by atoms with E-state index in [1.807, 2.05) is 0 Å². The molecule has 0 aromatic carbocycles. The first-order valence-corrected chi connectivity index (χ1v) is 4.57. The predicted octanol–water partition coefficient (Wildman–Crippen LogP) is 1.95. The fourth-order valence-electron chi connectivity index (χ4n) is 3.04. The third-order valence-electron chi connectivity index (χ3n) is 3.59. The highest BCUT2D eigenvalue weighted by atomic mass is 16.7. The summed E-state index contributed by atoms with van der Waals surface area (Å²) in [5.41, 5.74) is 1.47. The Kier molecular flexibility index (Phi) is 0.890. The van der Waals surface area contributed by atoms with E-state index in [9.17, 15) is 0 Å². The number of fused-ring (bicyclic) bond motifs is 1. The summed E-state index contributed by atoms with van der Waals surface area (Å²) in [7, 11) is 0. The van der Waals surface area contributed by atoms with Crippen LogP contribution in [0.25, 0.3) is 0 Å². The van der Waals surface area contributed by atoms with Crippen LogP contribution in [0, 0.1) is 11.8 Å². The Morgan fingerprint density at radius 2 is 2.45 bits per heavy atom. The maximum atomic E-state index is 5.52. The van der Waals surface area contributed by atoms with Gasteiger partial charge in [0.1, 0.15) is 5.60 Å². The van der Waals surface area contributed by atoms with Gasteiger partial charge in [0.15, 0.2) is 0 Å². The molecule has 0 N–H and O–H groups in total. The van der Waals surface area contributed by atoms with Crippen molar-refractivity contribution < 1.29 is 4.84 Å². The van der Waals surface area contributed by atoms with E-state index in [0.29, 0.717) is 5.92 Å². The fraction of sp³-hybridized carbons (Fsp3) is 0.889. The van der Waals surface area contributed by atoms with Crippen LogP contribution in [0.2, 0.25) is 0 Å². The van der Waals surface area contributed by atoms with Gasteiger partial charge in [0, 0.05) is 11.8 Å². The molecule has 0 bridgehead atoms. The summed E-state index contributed by atoms with van der Waals surface area (Å²) in [6, 6.07) is 0. The van der Waals surface area contributed by atoms with Crippen molar-refractivity contribution in [2.75, 3.05) is 0 Å². The van der Waals surface area contributed by atoms with Crippen LogP contribution in [0.3, 0.4) is 0 Å². The zero-order valence-electron chi connectivity index (χ0n) is 6.84. The van der Waals surface area contributed by atoms with Crippen LogP contribution in [0.4, 0.5) is 0 Å². The molecule has 0 aromatic rings. The summed E-state index contributed by atoms with van der Waals surface area (Å²) in [6.45, 7) is 2.11. The molecule has 2 unspecified atom stereocenters. The van der Waals surface area contributed by atoms with Crippen molar-refractivity contribution >= 4 is 5.71 Å². The number of oxime groups is 1. The van der Waals surface area contributed by atoms with E-state index in [2.05, 4.69) is 12.1 Å². The molecule has 0 amide bonds. The van der Waals surface area contributed by atoms with Gasteiger partial charge in [0.2, 0.25) is 0 Å². The minimum absolute atomic E-state index is 0.225. The van der Waals surface area contributed by atoms with Gasteiger partial charge in [-0.3, -0.25) is 0 Å². The zero-order valence-corrected chi connectivity index (χ0v) is 6.84. The first-order valence-electron chi connectivity index (χ1n) is 4.57. The molecule has 2 heteroatoms. The van der Waals surface area contributed by atoms with Gasteiger partial charge in [-0.25, -0.2) is 0 Å². The van der Waals surface area contributed by atoms with Gasteiger partial charge >= 0.3 is 0 Å². The van der Waals surface area contributed by atoms with Crippen molar-refractivity contribution in [3.63, 3.8) is 0 Å². The van der Waals surface area contributed by atoms with E-state index in [1.54, 1.807) is 0 Å². The molecule has 3 aliphatic rings. The molecule has 2 aliphatic carbocycles. The molecule has 60 valence electrons. The molecule has 0 aromatic heterocycles. The standard InChI is InChI=1S/C9H13NO/c1-6-8-7-4-2-3-5-9(7,8)11-10-6/h7-8H,2-5H2,1H3/t7?,8?,9-/m1/s1. The van der Waals surface area contributed by atoms with E-state index in [4.69, 9.17) is 4.84 Å². The summed E-state index contributed by atoms with van der Waals surface area (Å²) in [5, 5.41) is 4.06. The lowest BCUT2D eigenvalue weighted by molar-refractivity contribution is 0.0148. The minimum atomic E-state index is 0.225. The second-order valence-electron chi connectivity index (χ2n) is 4.11. The molecule has 3 rings (SSSR count). The van der Waals surface area contributed by atoms with Crippen molar-refractivity contribution in [3.8, 4) is 0 Å². The van der Waals surface area contributed by atoms with Gasteiger partial charge in [-0.2, -0.15) is 0 Å². The van der Waals surface area contributed by atoms with Gasteiger partial charge < -0.3 is 4.84 Å². The van der Waals surface area contributed by atoms with Gasteiger partial charge in [-0.05, 0) is 26.2 Å². The molecule has 1 aliphatic heterocycles. The summed E-state index contributed by atoms with van der Waals surface area (Å²) in [6.07, 6.45) is 5.37. The molecule has 2 nitrogen and oxygen atoms in total. The van der Waals surface area contributed by atoms with Crippen molar-refractivity contribution in [1.29, 1.82) is 0 Å². The van der Waals surface area contributed by atoms with Gasteiger partial charge in [0.25, 0.3) is 0 Å². The summed E-state index contributed by atoms with van der Waals surface area (Å²) in [5.74, 6) is 1.55. The molecule has 0 saturated heterocycles. The average molecular weight is 151 g/mol. The Morgan fingerprint density at radius 3 is 3.27 bits per heavy atom. The lowest BCUT2D eigenvalue weighted by atomic mass is 9.98. The molecule has 1 heterocycles. The highest BCUT2D eigenvalue weighted by Crippen LogP contribution is 2.64. The van der Waals surface area contributed by atoms with E-state index >= 15 is 0 Å². The maximum absolute atomic E-state index is 5.52. The molecule has 2 saturated carbocycles. The zero-order chi connectivity index (χ0) is 7.47. The van der Waals surface area contributed by atoms with Crippen LogP contribution in [-0.4, -0.2) is 11.3 Å². The van der Waals surface area contributed by atoms with Crippen LogP contribution in [0.15, 0.2) is 5.16 Å². The monoisotopic (exact) mass is 151 g/mol. The normalized spacial score (nSPS) is 52.3. The fourth-order valence-corrected chi connectivity index (χ4v) is 3.04. The maximum Gasteiger partial charge on any atom is 0.149 e. The molecule has 3 atom stereocenters. The second-order valence-corrected chi connectivity index (χ2v) is 4.11. The van der Waals surface area contributed by atoms with Crippen LogP contribution >= 0.6 is 0 Å². The van der Waals surface area contributed by atoms with Gasteiger partial charge in [-0.15, -0.1) is 0 Å². The quantitative estimate of drug-likeness (QED) is 0.518. The second kappa shape index (κ2) is 1.62. The summed E-state index contributed by atoms with van der Waals surface area (Å²) >= 11 is 0. The number of hydrogen-bond acceptors (Lipinski definition) is 2. The number of rotatable bonds is 0. The SMILES string of the molecule is CC1=NO[C@]23CCCCC2C13. The summed E-state index contributed by atoms with van der Waals surface area (Å²) < 4.78 is 0. The van der Waals surface area contributed by atoms with Crippen LogP contribution in [0.1, 0.15) is 32.6 Å². The molecular formula is C9H13NO. The molecule has 0 radical (unpaired) electrons. The summed E-state index contributed by atoms with van der Waals surface area (Å²) in [4.78, 5) is 5.52. The Bertz CT molecular complexity index is 236. The van der Waals surface area contributed by atoms with Crippen molar-refractivity contribution in [3.05, 3.63) is 0 Å². The van der Waals surface area contributed by atoms with Crippen molar-refractivity contribution in [1.82, 2.24) is 0 Å². The van der Waals surface area contributed by atoms with Gasteiger partial charge in [0.05, 0.1) is 5.71 Å². The smallest absolute Gasteiger partial charge is 0.149 e. The Morgan fingerprint density at radius 1 is 1.55 bits per heavy atom. The van der Waals surface area contributed by atoms with E-state index in [-0.39, 0.29) is 5.60 Å². The van der Waals surface area contributed by atoms with Crippen LogP contribution in [-0.2, 0) is 4.84 Å². The highest BCUT2D eigenvalue weighted by molar-refractivity contribution is 5.90. The van der Waals surface area contributed by atoms with Crippen molar-refractivity contribution in [2.45, 2.75) is 38.2 Å². The van der Waals surface area contributed by atoms with E-state index < -0.39 is 0 Å². The predicted molar refractivity (Wildman–Crippen MR) is 42.4 cm³/mol. The Hall–Kier alpha value is -0.530. The molecular weight excluding hydrogens is 138 g/mol. The van der Waals surface area contributed by atoms with Gasteiger partial charge in [-0.1, -0.05) is 11.6 Å². The number of hydrogen-bond donors (Lipinski definition) is 0. The average Bonchev–Trinajstić information content (AvgIpc) is 2.60. The molecule has 1 spiro atoms.